The standard InChI is InChI=1S/C10H12N2O2/c1-7-9(13)3-2-8(10(7)14)12-5-4-11-6-12/h2-3,6,13-14H,4-5H2,1H3. The Hall–Kier alpha value is -1.71. The number of phenolic OH excluding ortho intramolecular Hbond substituents is 2. The minimum Gasteiger partial charge on any atom is -0.508 e. The lowest BCUT2D eigenvalue weighted by Crippen LogP contribution is -2.18. The number of rotatable bonds is 1. The van der Waals surface area contributed by atoms with Gasteiger partial charge in [-0.3, -0.25) is 4.99 Å². The predicted octanol–water partition coefficient (Wildman–Crippen LogP) is 1.25. The Morgan fingerprint density at radius 3 is 2.79 bits per heavy atom. The highest BCUT2D eigenvalue weighted by Gasteiger charge is 2.15. The average molecular weight is 192 g/mol. The molecule has 74 valence electrons. The van der Waals surface area contributed by atoms with E-state index in [9.17, 15) is 10.2 Å². The fourth-order valence-corrected chi connectivity index (χ4v) is 1.47. The van der Waals surface area contributed by atoms with Crippen molar-refractivity contribution in [3.05, 3.63) is 17.7 Å². The van der Waals surface area contributed by atoms with Crippen LogP contribution >= 0.6 is 0 Å². The van der Waals surface area contributed by atoms with Crippen LogP contribution in [0.3, 0.4) is 0 Å². The van der Waals surface area contributed by atoms with Crippen LogP contribution in [0.5, 0.6) is 11.5 Å². The fourth-order valence-electron chi connectivity index (χ4n) is 1.47. The van der Waals surface area contributed by atoms with Gasteiger partial charge in [0.05, 0.1) is 18.6 Å². The van der Waals surface area contributed by atoms with Gasteiger partial charge in [-0.1, -0.05) is 0 Å². The van der Waals surface area contributed by atoms with Crippen LogP contribution in [0, 0.1) is 6.92 Å². The fraction of sp³-hybridized carbons (Fsp3) is 0.300. The molecule has 1 aromatic carbocycles. The number of phenols is 2. The maximum absolute atomic E-state index is 9.78. The molecule has 0 atom stereocenters. The van der Waals surface area contributed by atoms with Crippen molar-refractivity contribution in [3.63, 3.8) is 0 Å². The number of nitrogens with zero attached hydrogens (tertiary/aromatic N) is 2. The van der Waals surface area contributed by atoms with E-state index < -0.39 is 0 Å². The minimum absolute atomic E-state index is 0.113. The van der Waals surface area contributed by atoms with Crippen molar-refractivity contribution in [1.29, 1.82) is 0 Å². The zero-order chi connectivity index (χ0) is 10.1. The zero-order valence-corrected chi connectivity index (χ0v) is 7.94. The number of aliphatic imine (C=N–C) groups is 1. The quantitative estimate of drug-likeness (QED) is 0.704. The lowest BCUT2D eigenvalue weighted by atomic mass is 10.1. The number of hydrogen-bond acceptors (Lipinski definition) is 4. The van der Waals surface area contributed by atoms with Crippen LogP contribution in [-0.2, 0) is 0 Å². The highest BCUT2D eigenvalue weighted by atomic mass is 16.3. The summed E-state index contributed by atoms with van der Waals surface area (Å²) in [6.45, 7) is 3.21. The van der Waals surface area contributed by atoms with Gasteiger partial charge in [-0.25, -0.2) is 0 Å². The van der Waals surface area contributed by atoms with E-state index in [0.29, 0.717) is 11.3 Å². The highest BCUT2D eigenvalue weighted by Crippen LogP contribution is 2.35. The second kappa shape index (κ2) is 3.21. The first-order valence-corrected chi connectivity index (χ1v) is 4.48. The molecule has 0 saturated carbocycles. The maximum Gasteiger partial charge on any atom is 0.145 e. The Morgan fingerprint density at radius 2 is 2.14 bits per heavy atom. The van der Waals surface area contributed by atoms with Gasteiger partial charge >= 0.3 is 0 Å². The molecule has 1 aromatic rings. The third-order valence-electron chi connectivity index (χ3n) is 2.38. The Kier molecular flexibility index (Phi) is 2.04. The first kappa shape index (κ1) is 8.87. The van der Waals surface area contributed by atoms with Gasteiger partial charge in [0.2, 0.25) is 0 Å². The number of hydrogen-bond donors (Lipinski definition) is 2. The molecular weight excluding hydrogens is 180 g/mol. The van der Waals surface area contributed by atoms with E-state index in [-0.39, 0.29) is 11.5 Å². The molecule has 0 spiro atoms. The van der Waals surface area contributed by atoms with E-state index in [1.54, 1.807) is 25.4 Å². The van der Waals surface area contributed by atoms with Crippen molar-refractivity contribution in [3.8, 4) is 11.5 Å². The summed E-state index contributed by atoms with van der Waals surface area (Å²) in [6.07, 6.45) is 1.70. The van der Waals surface area contributed by atoms with Gasteiger partial charge in [0.15, 0.2) is 0 Å². The lowest BCUT2D eigenvalue weighted by molar-refractivity contribution is 0.444. The summed E-state index contributed by atoms with van der Waals surface area (Å²) in [5.41, 5.74) is 1.20. The van der Waals surface area contributed by atoms with Gasteiger partial charge in [-0.2, -0.15) is 0 Å². The molecule has 2 N–H and O–H groups in total. The van der Waals surface area contributed by atoms with Gasteiger partial charge in [0, 0.05) is 12.1 Å². The topological polar surface area (TPSA) is 56.1 Å². The van der Waals surface area contributed by atoms with Gasteiger partial charge < -0.3 is 15.1 Å². The second-order valence-electron chi connectivity index (χ2n) is 3.29. The molecule has 0 saturated heterocycles. The highest BCUT2D eigenvalue weighted by molar-refractivity contribution is 5.84. The van der Waals surface area contributed by atoms with E-state index in [0.717, 1.165) is 13.1 Å². The van der Waals surface area contributed by atoms with E-state index in [1.807, 2.05) is 4.90 Å². The van der Waals surface area contributed by atoms with Crippen molar-refractivity contribution in [1.82, 2.24) is 0 Å². The van der Waals surface area contributed by atoms with Crippen molar-refractivity contribution >= 4 is 12.0 Å². The summed E-state index contributed by atoms with van der Waals surface area (Å²) in [4.78, 5) is 5.92. The van der Waals surface area contributed by atoms with Gasteiger partial charge in [0.1, 0.15) is 11.5 Å². The van der Waals surface area contributed by atoms with Crippen molar-refractivity contribution < 1.29 is 10.2 Å². The molecule has 1 heterocycles. The summed E-state index contributed by atoms with van der Waals surface area (Å²) >= 11 is 0. The van der Waals surface area contributed by atoms with Crippen LogP contribution in [-0.4, -0.2) is 29.6 Å². The lowest BCUT2D eigenvalue weighted by Gasteiger charge is -2.17. The predicted molar refractivity (Wildman–Crippen MR) is 55.2 cm³/mol. The summed E-state index contributed by atoms with van der Waals surface area (Å²) in [5, 5.41) is 19.1. The summed E-state index contributed by atoms with van der Waals surface area (Å²) < 4.78 is 0. The first-order chi connectivity index (χ1) is 6.70. The molecule has 0 unspecified atom stereocenters. The third kappa shape index (κ3) is 1.28. The van der Waals surface area contributed by atoms with Crippen LogP contribution in [0.25, 0.3) is 0 Å². The molecule has 0 aliphatic carbocycles. The Labute approximate surface area is 82.1 Å². The van der Waals surface area contributed by atoms with Crippen molar-refractivity contribution in [2.24, 2.45) is 4.99 Å². The van der Waals surface area contributed by atoms with E-state index in [1.165, 1.54) is 0 Å². The molecule has 2 rings (SSSR count). The maximum atomic E-state index is 9.78. The smallest absolute Gasteiger partial charge is 0.145 e. The summed E-state index contributed by atoms with van der Waals surface area (Å²) in [6, 6.07) is 3.27. The molecule has 1 aliphatic rings. The van der Waals surface area contributed by atoms with Gasteiger partial charge in [-0.15, -0.1) is 0 Å². The molecule has 4 nitrogen and oxygen atoms in total. The Morgan fingerprint density at radius 1 is 1.36 bits per heavy atom. The largest absolute Gasteiger partial charge is 0.508 e. The molecule has 0 bridgehead atoms. The Balaban J connectivity index is 2.43. The average Bonchev–Trinajstić information content (AvgIpc) is 2.67. The molecule has 0 amide bonds. The number of aromatic hydroxyl groups is 2. The molecule has 14 heavy (non-hydrogen) atoms. The Bertz CT molecular complexity index is 388. The molecular formula is C10H12N2O2. The van der Waals surface area contributed by atoms with Crippen LogP contribution < -0.4 is 4.90 Å². The minimum atomic E-state index is 0.113. The molecule has 0 fully saturated rings. The normalized spacial score (nSPS) is 15.1. The van der Waals surface area contributed by atoms with Crippen molar-refractivity contribution in [2.45, 2.75) is 6.92 Å². The van der Waals surface area contributed by atoms with Gasteiger partial charge in [-0.05, 0) is 19.1 Å². The number of benzene rings is 1. The van der Waals surface area contributed by atoms with Crippen LogP contribution in [0.4, 0.5) is 5.69 Å². The molecule has 1 aliphatic heterocycles. The monoisotopic (exact) mass is 192 g/mol. The van der Waals surface area contributed by atoms with Gasteiger partial charge in [0.25, 0.3) is 0 Å². The van der Waals surface area contributed by atoms with Crippen LogP contribution in [0.2, 0.25) is 0 Å². The SMILES string of the molecule is Cc1c(O)ccc(N2C=NCC2)c1O. The zero-order valence-electron chi connectivity index (χ0n) is 7.94. The second-order valence-corrected chi connectivity index (χ2v) is 3.29. The summed E-state index contributed by atoms with van der Waals surface area (Å²) in [7, 11) is 0. The molecule has 0 aromatic heterocycles. The van der Waals surface area contributed by atoms with E-state index in [4.69, 9.17) is 0 Å². The first-order valence-electron chi connectivity index (χ1n) is 4.48. The van der Waals surface area contributed by atoms with E-state index >= 15 is 0 Å². The van der Waals surface area contributed by atoms with Crippen LogP contribution in [0.1, 0.15) is 5.56 Å². The van der Waals surface area contributed by atoms with E-state index in [2.05, 4.69) is 4.99 Å². The van der Waals surface area contributed by atoms with Crippen LogP contribution in [0.15, 0.2) is 17.1 Å². The molecule has 0 radical (unpaired) electrons. The molecule has 4 heteroatoms. The third-order valence-corrected chi connectivity index (χ3v) is 2.38. The number of anilines is 1. The summed E-state index contributed by atoms with van der Waals surface area (Å²) in [5.74, 6) is 0.237. The van der Waals surface area contributed by atoms with Crippen molar-refractivity contribution in [2.75, 3.05) is 18.0 Å².